The summed E-state index contributed by atoms with van der Waals surface area (Å²) in [6.45, 7) is 4.82. The predicted octanol–water partition coefficient (Wildman–Crippen LogP) is 4.33. The number of aryl methyl sites for hydroxylation is 1. The van der Waals surface area contributed by atoms with Gasteiger partial charge in [0.2, 0.25) is 11.8 Å². The molecule has 0 aromatic heterocycles. The molecule has 2 aromatic carbocycles. The minimum absolute atomic E-state index is 0.0504. The van der Waals surface area contributed by atoms with Crippen LogP contribution in [0.2, 0.25) is 0 Å². The number of benzene rings is 2. The summed E-state index contributed by atoms with van der Waals surface area (Å²) in [6.07, 6.45) is 3.14. The third-order valence-electron chi connectivity index (χ3n) is 5.27. The lowest BCUT2D eigenvalue weighted by Gasteiger charge is -2.19. The van der Waals surface area contributed by atoms with E-state index in [1.807, 2.05) is 31.2 Å². The van der Waals surface area contributed by atoms with Crippen molar-refractivity contribution in [1.82, 2.24) is 0 Å². The molecule has 0 aliphatic carbocycles. The van der Waals surface area contributed by atoms with Gasteiger partial charge in [0.05, 0.1) is 18.1 Å². The van der Waals surface area contributed by atoms with Crippen LogP contribution in [0.5, 0.6) is 0 Å². The van der Waals surface area contributed by atoms with Gasteiger partial charge in [0.15, 0.2) is 0 Å². The molecule has 1 heterocycles. The van der Waals surface area contributed by atoms with E-state index in [9.17, 15) is 14.4 Å². The molecule has 2 aromatic rings. The van der Waals surface area contributed by atoms with Crippen LogP contribution in [-0.4, -0.2) is 30.9 Å². The Balaban J connectivity index is 1.55. The van der Waals surface area contributed by atoms with E-state index in [0.29, 0.717) is 24.4 Å². The fourth-order valence-corrected chi connectivity index (χ4v) is 3.52. The zero-order chi connectivity index (χ0) is 21.5. The fourth-order valence-electron chi connectivity index (χ4n) is 3.52. The second kappa shape index (κ2) is 10.1. The van der Waals surface area contributed by atoms with Gasteiger partial charge in [-0.2, -0.15) is 0 Å². The van der Waals surface area contributed by atoms with Gasteiger partial charge < -0.3 is 15.0 Å². The van der Waals surface area contributed by atoms with E-state index in [4.69, 9.17) is 4.74 Å². The van der Waals surface area contributed by atoms with Gasteiger partial charge >= 0.3 is 5.97 Å². The summed E-state index contributed by atoms with van der Waals surface area (Å²) < 4.78 is 5.24. The van der Waals surface area contributed by atoms with Crippen molar-refractivity contribution in [3.63, 3.8) is 0 Å². The van der Waals surface area contributed by atoms with Gasteiger partial charge in [-0.25, -0.2) is 4.79 Å². The highest BCUT2D eigenvalue weighted by Crippen LogP contribution is 2.28. The SMILES string of the molecule is CCCCCOC(=O)c1ccc(NC(=O)[C@H]2CC(=O)N(c3ccccc3C)C2)cc1. The first-order chi connectivity index (χ1) is 14.5. The molecule has 0 spiro atoms. The minimum Gasteiger partial charge on any atom is -0.462 e. The summed E-state index contributed by atoms with van der Waals surface area (Å²) in [5, 5.41) is 2.85. The highest BCUT2D eigenvalue weighted by Gasteiger charge is 2.35. The lowest BCUT2D eigenvalue weighted by atomic mass is 10.1. The number of hydrogen-bond donors (Lipinski definition) is 1. The van der Waals surface area contributed by atoms with Gasteiger partial charge in [-0.1, -0.05) is 38.0 Å². The normalized spacial score (nSPS) is 15.9. The molecule has 2 amide bonds. The Bertz CT molecular complexity index is 908. The number of nitrogens with zero attached hydrogens (tertiary/aromatic N) is 1. The van der Waals surface area contributed by atoms with Crippen LogP contribution in [0, 0.1) is 12.8 Å². The average Bonchev–Trinajstić information content (AvgIpc) is 3.13. The van der Waals surface area contributed by atoms with Crippen LogP contribution in [-0.2, 0) is 14.3 Å². The number of amides is 2. The van der Waals surface area contributed by atoms with Crippen molar-refractivity contribution in [3.8, 4) is 0 Å². The van der Waals surface area contributed by atoms with Crippen molar-refractivity contribution in [3.05, 3.63) is 59.7 Å². The molecule has 1 aliphatic rings. The second-order valence-corrected chi connectivity index (χ2v) is 7.60. The van der Waals surface area contributed by atoms with E-state index in [1.165, 1.54) is 0 Å². The molecule has 1 N–H and O–H groups in total. The summed E-state index contributed by atoms with van der Waals surface area (Å²) in [7, 11) is 0. The summed E-state index contributed by atoms with van der Waals surface area (Å²) in [6, 6.07) is 14.3. The van der Waals surface area contributed by atoms with Crippen LogP contribution in [0.25, 0.3) is 0 Å². The molecular formula is C24H28N2O4. The summed E-state index contributed by atoms with van der Waals surface area (Å²) >= 11 is 0. The first-order valence-corrected chi connectivity index (χ1v) is 10.4. The topological polar surface area (TPSA) is 75.7 Å². The van der Waals surface area contributed by atoms with Gasteiger partial charge in [0, 0.05) is 24.3 Å². The molecule has 6 heteroatoms. The number of para-hydroxylation sites is 1. The van der Waals surface area contributed by atoms with E-state index >= 15 is 0 Å². The quantitative estimate of drug-likeness (QED) is 0.521. The maximum absolute atomic E-state index is 12.7. The standard InChI is InChI=1S/C24H28N2O4/c1-3-4-7-14-30-24(29)18-10-12-20(13-11-18)25-23(28)19-15-22(27)26(16-19)21-9-6-5-8-17(21)2/h5-6,8-13,19H,3-4,7,14-16H2,1-2H3,(H,25,28)/t19-/m0/s1. The molecule has 0 radical (unpaired) electrons. The van der Waals surface area contributed by atoms with Crippen LogP contribution in [0.4, 0.5) is 11.4 Å². The molecular weight excluding hydrogens is 380 g/mol. The Hall–Kier alpha value is -3.15. The minimum atomic E-state index is -0.416. The van der Waals surface area contributed by atoms with Gasteiger partial charge in [-0.3, -0.25) is 9.59 Å². The van der Waals surface area contributed by atoms with E-state index in [2.05, 4.69) is 12.2 Å². The van der Waals surface area contributed by atoms with E-state index in [0.717, 1.165) is 30.5 Å². The summed E-state index contributed by atoms with van der Waals surface area (Å²) in [5.74, 6) is -1.03. The van der Waals surface area contributed by atoms with E-state index in [1.54, 1.807) is 29.2 Å². The van der Waals surface area contributed by atoms with Crippen LogP contribution >= 0.6 is 0 Å². The highest BCUT2D eigenvalue weighted by molar-refractivity contribution is 6.04. The maximum Gasteiger partial charge on any atom is 0.338 e. The zero-order valence-corrected chi connectivity index (χ0v) is 17.5. The summed E-state index contributed by atoms with van der Waals surface area (Å²) in [5.41, 5.74) is 2.89. The number of carbonyl (C=O) groups is 3. The number of rotatable bonds is 8. The summed E-state index contributed by atoms with van der Waals surface area (Å²) in [4.78, 5) is 38.8. The first kappa shape index (κ1) is 21.6. The fraction of sp³-hybridized carbons (Fsp3) is 0.375. The number of nitrogens with one attached hydrogen (secondary N) is 1. The van der Waals surface area contributed by atoms with Gasteiger partial charge in [-0.05, 0) is 49.2 Å². The van der Waals surface area contributed by atoms with E-state index < -0.39 is 5.92 Å². The van der Waals surface area contributed by atoms with Gasteiger partial charge in [0.25, 0.3) is 0 Å². The monoisotopic (exact) mass is 408 g/mol. The number of carbonyl (C=O) groups excluding carboxylic acids is 3. The first-order valence-electron chi connectivity index (χ1n) is 10.4. The Morgan fingerprint density at radius 3 is 2.53 bits per heavy atom. The number of ether oxygens (including phenoxy) is 1. The molecule has 158 valence electrons. The predicted molar refractivity (Wildman–Crippen MR) is 117 cm³/mol. The van der Waals surface area contributed by atoms with Crippen LogP contribution in [0.3, 0.4) is 0 Å². The third kappa shape index (κ3) is 5.26. The van der Waals surface area contributed by atoms with Crippen molar-refractivity contribution in [2.75, 3.05) is 23.4 Å². The molecule has 6 nitrogen and oxygen atoms in total. The van der Waals surface area contributed by atoms with Crippen LogP contribution in [0.15, 0.2) is 48.5 Å². The largest absolute Gasteiger partial charge is 0.462 e. The smallest absolute Gasteiger partial charge is 0.338 e. The molecule has 0 bridgehead atoms. The number of unbranched alkanes of at least 4 members (excludes halogenated alkanes) is 2. The van der Waals surface area contributed by atoms with Crippen molar-refractivity contribution < 1.29 is 19.1 Å². The second-order valence-electron chi connectivity index (χ2n) is 7.60. The lowest BCUT2D eigenvalue weighted by Crippen LogP contribution is -2.28. The van der Waals surface area contributed by atoms with Crippen molar-refractivity contribution in [2.24, 2.45) is 5.92 Å². The zero-order valence-electron chi connectivity index (χ0n) is 17.5. The molecule has 1 aliphatic heterocycles. The number of anilines is 2. The number of esters is 1. The van der Waals surface area contributed by atoms with Crippen LogP contribution in [0.1, 0.15) is 48.5 Å². The van der Waals surface area contributed by atoms with Gasteiger partial charge in [-0.15, -0.1) is 0 Å². The molecule has 3 rings (SSSR count). The average molecular weight is 408 g/mol. The highest BCUT2D eigenvalue weighted by atomic mass is 16.5. The lowest BCUT2D eigenvalue weighted by molar-refractivity contribution is -0.122. The van der Waals surface area contributed by atoms with Crippen molar-refractivity contribution in [2.45, 2.75) is 39.5 Å². The van der Waals surface area contributed by atoms with Crippen molar-refractivity contribution >= 4 is 29.2 Å². The third-order valence-corrected chi connectivity index (χ3v) is 5.27. The molecule has 0 saturated carbocycles. The van der Waals surface area contributed by atoms with Gasteiger partial charge in [0.1, 0.15) is 0 Å². The Morgan fingerprint density at radius 1 is 1.10 bits per heavy atom. The van der Waals surface area contributed by atoms with Crippen molar-refractivity contribution in [1.29, 1.82) is 0 Å². The Morgan fingerprint density at radius 2 is 1.83 bits per heavy atom. The van der Waals surface area contributed by atoms with Crippen LogP contribution < -0.4 is 10.2 Å². The Kier molecular flexibility index (Phi) is 7.22. The molecule has 1 saturated heterocycles. The molecule has 0 unspecified atom stereocenters. The molecule has 1 fully saturated rings. The van der Waals surface area contributed by atoms with E-state index in [-0.39, 0.29) is 24.2 Å². The number of hydrogen-bond acceptors (Lipinski definition) is 4. The molecule has 30 heavy (non-hydrogen) atoms. The molecule has 1 atom stereocenters. The maximum atomic E-state index is 12.7. The Labute approximate surface area is 177 Å².